The summed E-state index contributed by atoms with van der Waals surface area (Å²) in [6, 6.07) is 13.3. The number of aryl methyl sites for hydroxylation is 1. The van der Waals surface area contributed by atoms with Gasteiger partial charge in [0, 0.05) is 29.2 Å². The van der Waals surface area contributed by atoms with Crippen LogP contribution >= 0.6 is 11.8 Å². The van der Waals surface area contributed by atoms with Crippen molar-refractivity contribution in [3.05, 3.63) is 59.4 Å². The summed E-state index contributed by atoms with van der Waals surface area (Å²) in [5.41, 5.74) is 3.73. The van der Waals surface area contributed by atoms with Crippen molar-refractivity contribution in [1.82, 2.24) is 10.3 Å². The summed E-state index contributed by atoms with van der Waals surface area (Å²) in [6.07, 6.45) is 6.16. The van der Waals surface area contributed by atoms with Crippen molar-refractivity contribution in [1.29, 1.82) is 0 Å². The second-order valence-corrected chi connectivity index (χ2v) is 6.13. The standard InChI is InChI=1S/C18H24N2S/c1-4-11-19-17(12-15-10-9-14(2)13-20-15)16-7-5-6-8-18(16)21-3/h5-10,13,17,19H,4,11-12H2,1-3H3. The van der Waals surface area contributed by atoms with Gasteiger partial charge in [0.15, 0.2) is 0 Å². The topological polar surface area (TPSA) is 24.9 Å². The molecule has 2 rings (SSSR count). The van der Waals surface area contributed by atoms with Crippen LogP contribution in [0.5, 0.6) is 0 Å². The van der Waals surface area contributed by atoms with Crippen LogP contribution in [-0.2, 0) is 6.42 Å². The average Bonchev–Trinajstić information content (AvgIpc) is 2.53. The van der Waals surface area contributed by atoms with Gasteiger partial charge in [-0.3, -0.25) is 4.98 Å². The van der Waals surface area contributed by atoms with Gasteiger partial charge in [0.25, 0.3) is 0 Å². The number of benzene rings is 1. The molecule has 0 bridgehead atoms. The summed E-state index contributed by atoms with van der Waals surface area (Å²) in [4.78, 5) is 5.91. The van der Waals surface area contributed by atoms with Gasteiger partial charge < -0.3 is 5.32 Å². The van der Waals surface area contributed by atoms with Gasteiger partial charge in [0.1, 0.15) is 0 Å². The first-order chi connectivity index (χ1) is 10.2. The molecule has 1 atom stereocenters. The molecule has 0 fully saturated rings. The molecule has 1 aromatic heterocycles. The fraction of sp³-hybridized carbons (Fsp3) is 0.389. The molecule has 0 aliphatic carbocycles. The van der Waals surface area contributed by atoms with Gasteiger partial charge in [-0.25, -0.2) is 0 Å². The lowest BCUT2D eigenvalue weighted by Gasteiger charge is -2.21. The van der Waals surface area contributed by atoms with E-state index in [0.29, 0.717) is 6.04 Å². The Hall–Kier alpha value is -1.32. The molecular formula is C18H24N2S. The minimum Gasteiger partial charge on any atom is -0.310 e. The maximum absolute atomic E-state index is 4.56. The quantitative estimate of drug-likeness (QED) is 0.767. The summed E-state index contributed by atoms with van der Waals surface area (Å²) in [5.74, 6) is 0. The first kappa shape index (κ1) is 16.1. The van der Waals surface area contributed by atoms with Crippen LogP contribution < -0.4 is 5.32 Å². The average molecular weight is 300 g/mol. The van der Waals surface area contributed by atoms with Gasteiger partial charge in [0.05, 0.1) is 0 Å². The van der Waals surface area contributed by atoms with Crippen molar-refractivity contribution in [2.24, 2.45) is 0 Å². The van der Waals surface area contributed by atoms with E-state index in [1.165, 1.54) is 16.0 Å². The molecule has 112 valence electrons. The lowest BCUT2D eigenvalue weighted by atomic mass is 10.0. The highest BCUT2D eigenvalue weighted by atomic mass is 32.2. The Morgan fingerprint density at radius 1 is 1.19 bits per heavy atom. The second-order valence-electron chi connectivity index (χ2n) is 5.28. The zero-order valence-electron chi connectivity index (χ0n) is 13.1. The van der Waals surface area contributed by atoms with Crippen molar-refractivity contribution in [3.63, 3.8) is 0 Å². The molecule has 0 saturated carbocycles. The maximum Gasteiger partial charge on any atom is 0.0422 e. The highest BCUT2D eigenvalue weighted by Gasteiger charge is 2.15. The number of nitrogens with one attached hydrogen (secondary N) is 1. The molecule has 1 unspecified atom stereocenters. The Morgan fingerprint density at radius 2 is 2.00 bits per heavy atom. The molecule has 0 aliphatic heterocycles. The van der Waals surface area contributed by atoms with Crippen molar-refractivity contribution in [3.8, 4) is 0 Å². The molecule has 1 heterocycles. The Bertz CT molecular complexity index is 551. The number of pyridine rings is 1. The van der Waals surface area contributed by atoms with E-state index in [0.717, 1.165) is 25.1 Å². The first-order valence-electron chi connectivity index (χ1n) is 7.52. The predicted octanol–water partition coefficient (Wildman–Crippen LogP) is 4.40. The zero-order chi connectivity index (χ0) is 15.1. The van der Waals surface area contributed by atoms with Gasteiger partial charge in [-0.1, -0.05) is 31.2 Å². The van der Waals surface area contributed by atoms with E-state index in [2.05, 4.69) is 66.8 Å². The van der Waals surface area contributed by atoms with E-state index in [9.17, 15) is 0 Å². The van der Waals surface area contributed by atoms with Crippen LogP contribution in [0, 0.1) is 6.92 Å². The molecule has 1 N–H and O–H groups in total. The molecular weight excluding hydrogens is 276 g/mol. The largest absolute Gasteiger partial charge is 0.310 e. The molecule has 3 heteroatoms. The number of rotatable bonds is 7. The lowest BCUT2D eigenvalue weighted by Crippen LogP contribution is -2.25. The molecule has 0 saturated heterocycles. The first-order valence-corrected chi connectivity index (χ1v) is 8.75. The van der Waals surface area contributed by atoms with E-state index in [1.807, 2.05) is 18.0 Å². The van der Waals surface area contributed by atoms with Gasteiger partial charge in [-0.15, -0.1) is 11.8 Å². The minimum atomic E-state index is 0.323. The van der Waals surface area contributed by atoms with E-state index < -0.39 is 0 Å². The number of nitrogens with zero attached hydrogens (tertiary/aromatic N) is 1. The van der Waals surface area contributed by atoms with Gasteiger partial charge >= 0.3 is 0 Å². The Morgan fingerprint density at radius 3 is 2.67 bits per heavy atom. The second kappa shape index (κ2) is 8.20. The summed E-state index contributed by atoms with van der Waals surface area (Å²) in [7, 11) is 0. The molecule has 1 aromatic carbocycles. The van der Waals surface area contributed by atoms with Crippen molar-refractivity contribution >= 4 is 11.8 Å². The molecule has 2 aromatic rings. The number of hydrogen-bond acceptors (Lipinski definition) is 3. The summed E-state index contributed by atoms with van der Waals surface area (Å²) in [6.45, 7) is 5.31. The predicted molar refractivity (Wildman–Crippen MR) is 91.9 cm³/mol. The van der Waals surface area contributed by atoms with E-state index >= 15 is 0 Å². The SMILES string of the molecule is CCCNC(Cc1ccc(C)cn1)c1ccccc1SC. The van der Waals surface area contributed by atoms with E-state index in [1.54, 1.807) is 0 Å². The Balaban J connectivity index is 2.23. The molecule has 21 heavy (non-hydrogen) atoms. The lowest BCUT2D eigenvalue weighted by molar-refractivity contribution is 0.518. The van der Waals surface area contributed by atoms with Crippen LogP contribution in [0.2, 0.25) is 0 Å². The van der Waals surface area contributed by atoms with Crippen LogP contribution in [0.4, 0.5) is 0 Å². The third-order valence-electron chi connectivity index (χ3n) is 3.54. The summed E-state index contributed by atoms with van der Waals surface area (Å²) in [5, 5.41) is 3.67. The Kier molecular flexibility index (Phi) is 6.27. The fourth-order valence-electron chi connectivity index (χ4n) is 2.39. The third-order valence-corrected chi connectivity index (χ3v) is 4.35. The van der Waals surface area contributed by atoms with E-state index in [4.69, 9.17) is 0 Å². The zero-order valence-corrected chi connectivity index (χ0v) is 13.9. The van der Waals surface area contributed by atoms with Crippen LogP contribution in [0.1, 0.15) is 36.2 Å². The van der Waals surface area contributed by atoms with Crippen molar-refractivity contribution < 1.29 is 0 Å². The minimum absolute atomic E-state index is 0.323. The van der Waals surface area contributed by atoms with Gasteiger partial charge in [0.2, 0.25) is 0 Å². The maximum atomic E-state index is 4.56. The third kappa shape index (κ3) is 4.58. The van der Waals surface area contributed by atoms with Gasteiger partial charge in [-0.05, 0) is 49.4 Å². The summed E-state index contributed by atoms with van der Waals surface area (Å²) < 4.78 is 0. The smallest absolute Gasteiger partial charge is 0.0422 e. The molecule has 0 amide bonds. The number of thioether (sulfide) groups is 1. The molecule has 0 radical (unpaired) electrons. The summed E-state index contributed by atoms with van der Waals surface area (Å²) >= 11 is 1.81. The Labute approximate surface area is 132 Å². The monoisotopic (exact) mass is 300 g/mol. The van der Waals surface area contributed by atoms with Crippen LogP contribution in [0.25, 0.3) is 0 Å². The molecule has 0 aliphatic rings. The highest BCUT2D eigenvalue weighted by Crippen LogP contribution is 2.27. The van der Waals surface area contributed by atoms with Crippen molar-refractivity contribution in [2.75, 3.05) is 12.8 Å². The highest BCUT2D eigenvalue weighted by molar-refractivity contribution is 7.98. The number of hydrogen-bond donors (Lipinski definition) is 1. The van der Waals surface area contributed by atoms with Crippen molar-refractivity contribution in [2.45, 2.75) is 37.6 Å². The number of aromatic nitrogens is 1. The molecule has 0 spiro atoms. The normalized spacial score (nSPS) is 12.3. The van der Waals surface area contributed by atoms with E-state index in [-0.39, 0.29) is 0 Å². The molecule has 2 nitrogen and oxygen atoms in total. The van der Waals surface area contributed by atoms with Crippen LogP contribution in [0.3, 0.4) is 0 Å². The van der Waals surface area contributed by atoms with Crippen LogP contribution in [0.15, 0.2) is 47.5 Å². The fourth-order valence-corrected chi connectivity index (χ4v) is 3.05. The van der Waals surface area contributed by atoms with Crippen LogP contribution in [-0.4, -0.2) is 17.8 Å². The van der Waals surface area contributed by atoms with Gasteiger partial charge in [-0.2, -0.15) is 0 Å².